The van der Waals surface area contributed by atoms with Crippen molar-refractivity contribution >= 4 is 30.7 Å². The third-order valence-electron chi connectivity index (χ3n) is 4.87. The number of amides is 1. The van der Waals surface area contributed by atoms with Gasteiger partial charge >= 0.3 is 0 Å². The molecule has 0 saturated heterocycles. The van der Waals surface area contributed by atoms with E-state index in [2.05, 4.69) is 34.5 Å². The molecule has 0 unspecified atom stereocenters. The smallest absolute Gasteiger partial charge is 0.240 e. The van der Waals surface area contributed by atoms with E-state index in [1.165, 1.54) is 11.1 Å². The molecule has 6 heteroatoms. The van der Waals surface area contributed by atoms with Gasteiger partial charge in [-0.05, 0) is 30.4 Å². The van der Waals surface area contributed by atoms with Gasteiger partial charge in [-0.2, -0.15) is 0 Å². The van der Waals surface area contributed by atoms with Gasteiger partial charge in [0.1, 0.15) is 0 Å². The van der Waals surface area contributed by atoms with Crippen LogP contribution in [0.25, 0.3) is 0 Å². The molecule has 1 aromatic carbocycles. The van der Waals surface area contributed by atoms with E-state index in [0.29, 0.717) is 6.54 Å². The quantitative estimate of drug-likeness (QED) is 0.866. The number of rotatable bonds is 4. The molecule has 1 saturated carbocycles. The lowest BCUT2D eigenvalue weighted by Gasteiger charge is -2.29. The van der Waals surface area contributed by atoms with E-state index in [0.717, 1.165) is 51.7 Å². The average molecular weight is 360 g/mol. The molecule has 0 spiro atoms. The molecule has 0 bridgehead atoms. The molecular weight excluding hydrogens is 333 g/mol. The predicted octanol–water partition coefficient (Wildman–Crippen LogP) is 2.28. The van der Waals surface area contributed by atoms with Crippen molar-refractivity contribution < 1.29 is 4.79 Å². The molecule has 3 rings (SSSR count). The van der Waals surface area contributed by atoms with Crippen LogP contribution in [0.1, 0.15) is 36.8 Å². The first-order valence-electron chi connectivity index (χ1n) is 8.04. The number of nitrogens with one attached hydrogen (secondary N) is 1. The predicted molar refractivity (Wildman–Crippen MR) is 98.3 cm³/mol. The Morgan fingerprint density at radius 1 is 1.17 bits per heavy atom. The first-order valence-corrected chi connectivity index (χ1v) is 8.04. The number of nitrogens with two attached hydrogens (primary N) is 1. The van der Waals surface area contributed by atoms with Crippen LogP contribution in [0.4, 0.5) is 0 Å². The molecule has 1 aliphatic carbocycles. The van der Waals surface area contributed by atoms with Crippen LogP contribution < -0.4 is 11.1 Å². The molecule has 1 aliphatic heterocycles. The van der Waals surface area contributed by atoms with Gasteiger partial charge in [0.2, 0.25) is 5.91 Å². The molecule has 3 N–H and O–H groups in total. The van der Waals surface area contributed by atoms with E-state index in [1.807, 2.05) is 0 Å². The van der Waals surface area contributed by atoms with Crippen molar-refractivity contribution in [3.05, 3.63) is 35.4 Å². The van der Waals surface area contributed by atoms with E-state index >= 15 is 0 Å². The fraction of sp³-hybridized carbons (Fsp3) is 0.588. The lowest BCUT2D eigenvalue weighted by Crippen LogP contribution is -2.53. The Kier molecular flexibility index (Phi) is 7.81. The van der Waals surface area contributed by atoms with Gasteiger partial charge < -0.3 is 11.1 Å². The Balaban J connectivity index is 0.00000132. The second kappa shape index (κ2) is 8.88. The zero-order valence-electron chi connectivity index (χ0n) is 13.4. The summed E-state index contributed by atoms with van der Waals surface area (Å²) in [4.78, 5) is 14.6. The zero-order valence-corrected chi connectivity index (χ0v) is 15.1. The van der Waals surface area contributed by atoms with Crippen LogP contribution in [0.15, 0.2) is 24.3 Å². The summed E-state index contributed by atoms with van der Waals surface area (Å²) in [7, 11) is 0. The number of hydrogen-bond acceptors (Lipinski definition) is 3. The van der Waals surface area contributed by atoms with Gasteiger partial charge in [0.05, 0.1) is 5.54 Å². The third-order valence-corrected chi connectivity index (χ3v) is 4.87. The van der Waals surface area contributed by atoms with Crippen molar-refractivity contribution in [1.29, 1.82) is 0 Å². The third kappa shape index (κ3) is 4.83. The SMILES string of the molecule is Cl.Cl.NC1(C(=O)NCCN2CCc3ccccc3C2)CCCC1. The summed E-state index contributed by atoms with van der Waals surface area (Å²) in [5, 5.41) is 3.03. The molecule has 0 aromatic heterocycles. The zero-order chi connectivity index (χ0) is 14.7. The highest BCUT2D eigenvalue weighted by atomic mass is 35.5. The highest BCUT2D eigenvalue weighted by Gasteiger charge is 2.36. The highest BCUT2D eigenvalue weighted by Crippen LogP contribution is 2.27. The van der Waals surface area contributed by atoms with Crippen molar-refractivity contribution in [3.63, 3.8) is 0 Å². The van der Waals surface area contributed by atoms with E-state index in [-0.39, 0.29) is 30.7 Å². The number of fused-ring (bicyclic) bond motifs is 1. The van der Waals surface area contributed by atoms with Crippen LogP contribution in [-0.4, -0.2) is 36.0 Å². The van der Waals surface area contributed by atoms with Crippen LogP contribution in [0.5, 0.6) is 0 Å². The fourth-order valence-electron chi connectivity index (χ4n) is 3.48. The van der Waals surface area contributed by atoms with Crippen LogP contribution >= 0.6 is 24.8 Å². The number of carbonyl (C=O) groups is 1. The number of halogens is 2. The maximum Gasteiger partial charge on any atom is 0.240 e. The Bertz CT molecular complexity index is 518. The maximum absolute atomic E-state index is 12.2. The van der Waals surface area contributed by atoms with Crippen LogP contribution in [0.2, 0.25) is 0 Å². The molecule has 1 amide bonds. The number of carbonyl (C=O) groups excluding carboxylic acids is 1. The molecule has 1 heterocycles. The average Bonchev–Trinajstić information content (AvgIpc) is 2.95. The van der Waals surface area contributed by atoms with Crippen molar-refractivity contribution in [1.82, 2.24) is 10.2 Å². The van der Waals surface area contributed by atoms with Crippen LogP contribution in [0.3, 0.4) is 0 Å². The van der Waals surface area contributed by atoms with Crippen LogP contribution in [0, 0.1) is 0 Å². The highest BCUT2D eigenvalue weighted by molar-refractivity contribution is 5.86. The minimum absolute atomic E-state index is 0. The van der Waals surface area contributed by atoms with E-state index in [4.69, 9.17) is 5.73 Å². The van der Waals surface area contributed by atoms with Crippen molar-refractivity contribution in [2.24, 2.45) is 5.73 Å². The normalized spacial score (nSPS) is 19.2. The van der Waals surface area contributed by atoms with Crippen molar-refractivity contribution in [2.75, 3.05) is 19.6 Å². The minimum atomic E-state index is -0.603. The van der Waals surface area contributed by atoms with Gasteiger partial charge in [-0.25, -0.2) is 0 Å². The summed E-state index contributed by atoms with van der Waals surface area (Å²) in [6, 6.07) is 8.62. The number of benzene rings is 1. The van der Waals surface area contributed by atoms with Gasteiger partial charge in [0.25, 0.3) is 0 Å². The monoisotopic (exact) mass is 359 g/mol. The molecule has 1 aromatic rings. The maximum atomic E-state index is 12.2. The van der Waals surface area contributed by atoms with Gasteiger partial charge in [-0.3, -0.25) is 9.69 Å². The first-order chi connectivity index (χ1) is 10.2. The van der Waals surface area contributed by atoms with E-state index in [9.17, 15) is 4.79 Å². The summed E-state index contributed by atoms with van der Waals surface area (Å²) in [6.07, 6.45) is 4.91. The Labute approximate surface area is 151 Å². The molecule has 0 radical (unpaired) electrons. The summed E-state index contributed by atoms with van der Waals surface area (Å²) in [5.74, 6) is 0.0393. The van der Waals surface area contributed by atoms with E-state index < -0.39 is 5.54 Å². The largest absolute Gasteiger partial charge is 0.353 e. The summed E-state index contributed by atoms with van der Waals surface area (Å²) < 4.78 is 0. The Morgan fingerprint density at radius 2 is 1.83 bits per heavy atom. The molecule has 0 atom stereocenters. The molecule has 1 fully saturated rings. The Hall–Kier alpha value is -0.810. The summed E-state index contributed by atoms with van der Waals surface area (Å²) in [6.45, 7) is 3.65. The fourth-order valence-corrected chi connectivity index (χ4v) is 3.48. The molecule has 4 nitrogen and oxygen atoms in total. The van der Waals surface area contributed by atoms with Crippen molar-refractivity contribution in [3.8, 4) is 0 Å². The van der Waals surface area contributed by atoms with Gasteiger partial charge in [0, 0.05) is 26.2 Å². The van der Waals surface area contributed by atoms with E-state index in [1.54, 1.807) is 0 Å². The van der Waals surface area contributed by atoms with Crippen molar-refractivity contribution in [2.45, 2.75) is 44.2 Å². The summed E-state index contributed by atoms with van der Waals surface area (Å²) >= 11 is 0. The molecule has 130 valence electrons. The summed E-state index contributed by atoms with van der Waals surface area (Å²) in [5.41, 5.74) is 8.44. The van der Waals surface area contributed by atoms with Gasteiger partial charge in [-0.1, -0.05) is 37.1 Å². The number of hydrogen-bond donors (Lipinski definition) is 2. The topological polar surface area (TPSA) is 58.4 Å². The standard InChI is InChI=1S/C17H25N3O.2ClH/c18-17(8-3-4-9-17)16(21)19-10-12-20-11-7-14-5-1-2-6-15(14)13-20;;/h1-2,5-6H,3-4,7-13,18H2,(H,19,21);2*1H. The molecular formula is C17H27Cl2N3O. The molecule has 2 aliphatic rings. The Morgan fingerprint density at radius 3 is 2.52 bits per heavy atom. The van der Waals surface area contributed by atoms with Gasteiger partial charge in [-0.15, -0.1) is 24.8 Å². The number of nitrogens with zero attached hydrogens (tertiary/aromatic N) is 1. The second-order valence-electron chi connectivity index (χ2n) is 6.41. The molecule has 23 heavy (non-hydrogen) atoms. The van der Waals surface area contributed by atoms with Gasteiger partial charge in [0.15, 0.2) is 0 Å². The van der Waals surface area contributed by atoms with Crippen LogP contribution in [-0.2, 0) is 17.8 Å². The first kappa shape index (κ1) is 20.2. The lowest BCUT2D eigenvalue weighted by atomic mass is 9.98. The minimum Gasteiger partial charge on any atom is -0.353 e. The lowest BCUT2D eigenvalue weighted by molar-refractivity contribution is -0.126. The second-order valence-corrected chi connectivity index (χ2v) is 6.41.